The number of phenolic OH excluding ortho intramolecular Hbond substituents is 1. The maximum atomic E-state index is 9.91. The lowest BCUT2D eigenvalue weighted by Crippen LogP contribution is -2.13. The van der Waals surface area contributed by atoms with Crippen LogP contribution in [0.1, 0.15) is 30.0 Å². The number of aryl methyl sites for hydroxylation is 1. The van der Waals surface area contributed by atoms with E-state index in [1.54, 1.807) is 0 Å². The van der Waals surface area contributed by atoms with E-state index in [0.717, 1.165) is 30.5 Å². The van der Waals surface area contributed by atoms with Gasteiger partial charge in [-0.2, -0.15) is 0 Å². The summed E-state index contributed by atoms with van der Waals surface area (Å²) in [5, 5.41) is 13.9. The first kappa shape index (κ1) is 9.81. The minimum atomic E-state index is 0.224. The average molecular weight is 212 g/mol. The molecule has 1 aliphatic heterocycles. The summed E-state index contributed by atoms with van der Waals surface area (Å²) in [7, 11) is 0. The summed E-state index contributed by atoms with van der Waals surface area (Å²) < 4.78 is 0. The predicted octanol–water partition coefficient (Wildman–Crippen LogP) is 2.78. The van der Waals surface area contributed by atoms with Crippen molar-refractivity contribution < 1.29 is 5.11 Å². The molecule has 1 aromatic carbocycles. The second kappa shape index (κ2) is 3.79. The third-order valence-corrected chi connectivity index (χ3v) is 3.10. The van der Waals surface area contributed by atoms with Crippen molar-refractivity contribution in [2.45, 2.75) is 25.8 Å². The summed E-state index contributed by atoms with van der Waals surface area (Å²) in [4.78, 5) is 0. The number of halogens is 1. The van der Waals surface area contributed by atoms with Gasteiger partial charge in [-0.3, -0.25) is 0 Å². The van der Waals surface area contributed by atoms with Crippen LogP contribution < -0.4 is 5.32 Å². The summed E-state index contributed by atoms with van der Waals surface area (Å²) in [5.74, 6) is 0.344. The lowest BCUT2D eigenvalue weighted by molar-refractivity contribution is 0.453. The highest BCUT2D eigenvalue weighted by molar-refractivity contribution is 6.31. The maximum Gasteiger partial charge on any atom is 0.124 e. The van der Waals surface area contributed by atoms with Crippen LogP contribution in [-0.2, 0) is 0 Å². The fourth-order valence-electron chi connectivity index (χ4n) is 1.95. The minimum absolute atomic E-state index is 0.224. The molecule has 0 bridgehead atoms. The fourth-order valence-corrected chi connectivity index (χ4v) is 2.24. The van der Waals surface area contributed by atoms with Gasteiger partial charge in [0.1, 0.15) is 5.75 Å². The molecule has 0 radical (unpaired) electrons. The van der Waals surface area contributed by atoms with Gasteiger partial charge >= 0.3 is 0 Å². The molecule has 2 nitrogen and oxygen atoms in total. The Labute approximate surface area is 88.9 Å². The fraction of sp³-hybridized carbons (Fsp3) is 0.455. The van der Waals surface area contributed by atoms with Gasteiger partial charge in [-0.15, -0.1) is 0 Å². The summed E-state index contributed by atoms with van der Waals surface area (Å²) in [5.41, 5.74) is 1.75. The molecule has 0 aliphatic carbocycles. The number of benzene rings is 1. The van der Waals surface area contributed by atoms with Crippen molar-refractivity contribution >= 4 is 11.6 Å². The molecule has 14 heavy (non-hydrogen) atoms. The summed E-state index contributed by atoms with van der Waals surface area (Å²) in [6.45, 7) is 2.90. The van der Waals surface area contributed by atoms with Crippen molar-refractivity contribution in [3.05, 3.63) is 28.3 Å². The highest BCUT2D eigenvalue weighted by Gasteiger charge is 2.22. The van der Waals surface area contributed by atoms with Crippen LogP contribution in [0.15, 0.2) is 12.1 Å². The first-order chi connectivity index (χ1) is 6.70. The minimum Gasteiger partial charge on any atom is -0.507 e. The first-order valence-corrected chi connectivity index (χ1v) is 5.29. The van der Waals surface area contributed by atoms with Gasteiger partial charge in [0, 0.05) is 16.6 Å². The first-order valence-electron chi connectivity index (χ1n) is 4.91. The molecule has 1 heterocycles. The van der Waals surface area contributed by atoms with E-state index in [1.165, 1.54) is 0 Å². The maximum absolute atomic E-state index is 9.91. The highest BCUT2D eigenvalue weighted by atomic mass is 35.5. The Balaban J connectivity index is 2.44. The van der Waals surface area contributed by atoms with E-state index in [4.69, 9.17) is 11.6 Å². The van der Waals surface area contributed by atoms with Gasteiger partial charge in [0.05, 0.1) is 0 Å². The van der Waals surface area contributed by atoms with Crippen molar-refractivity contribution in [2.24, 2.45) is 0 Å². The average Bonchev–Trinajstić information content (AvgIpc) is 2.65. The Morgan fingerprint density at radius 1 is 1.50 bits per heavy atom. The van der Waals surface area contributed by atoms with Gasteiger partial charge in [-0.05, 0) is 37.9 Å². The highest BCUT2D eigenvalue weighted by Crippen LogP contribution is 2.37. The number of hydrogen-bond acceptors (Lipinski definition) is 2. The Morgan fingerprint density at radius 2 is 2.29 bits per heavy atom. The molecule has 0 saturated carbocycles. The second-order valence-electron chi connectivity index (χ2n) is 3.78. The van der Waals surface area contributed by atoms with E-state index in [2.05, 4.69) is 5.32 Å². The molecule has 1 unspecified atom stereocenters. The van der Waals surface area contributed by atoms with Crippen LogP contribution in [-0.4, -0.2) is 11.7 Å². The molecule has 3 heteroatoms. The lowest BCUT2D eigenvalue weighted by atomic mass is 10.0. The largest absolute Gasteiger partial charge is 0.507 e. The molecule has 2 N–H and O–H groups in total. The SMILES string of the molecule is Cc1ccc(Cl)c(C2CCCN2)c1O. The predicted molar refractivity (Wildman–Crippen MR) is 57.8 cm³/mol. The number of aromatic hydroxyl groups is 1. The zero-order valence-electron chi connectivity index (χ0n) is 8.18. The number of phenols is 1. The van der Waals surface area contributed by atoms with Gasteiger partial charge in [-0.1, -0.05) is 17.7 Å². The number of rotatable bonds is 1. The zero-order valence-corrected chi connectivity index (χ0v) is 8.93. The summed E-state index contributed by atoms with van der Waals surface area (Å²) in [6, 6.07) is 3.92. The van der Waals surface area contributed by atoms with Crippen molar-refractivity contribution in [2.75, 3.05) is 6.54 Å². The molecule has 0 aromatic heterocycles. The molecule has 1 saturated heterocycles. The zero-order chi connectivity index (χ0) is 10.1. The molecule has 1 fully saturated rings. The van der Waals surface area contributed by atoms with E-state index < -0.39 is 0 Å². The van der Waals surface area contributed by atoms with Crippen LogP contribution in [0.25, 0.3) is 0 Å². The molecule has 2 rings (SSSR count). The Kier molecular flexibility index (Phi) is 2.66. The smallest absolute Gasteiger partial charge is 0.124 e. The molecule has 1 aromatic rings. The van der Waals surface area contributed by atoms with Gasteiger partial charge < -0.3 is 10.4 Å². The normalized spacial score (nSPS) is 21.4. The third-order valence-electron chi connectivity index (χ3n) is 2.77. The second-order valence-corrected chi connectivity index (χ2v) is 4.18. The summed E-state index contributed by atoms with van der Waals surface area (Å²) >= 11 is 6.08. The van der Waals surface area contributed by atoms with Crippen LogP contribution in [0.4, 0.5) is 0 Å². The lowest BCUT2D eigenvalue weighted by Gasteiger charge is -2.15. The Bertz CT molecular complexity index is 345. The van der Waals surface area contributed by atoms with Crippen LogP contribution in [0.5, 0.6) is 5.75 Å². The van der Waals surface area contributed by atoms with Gasteiger partial charge in [0.15, 0.2) is 0 Å². The van der Waals surface area contributed by atoms with Crippen LogP contribution in [0.2, 0.25) is 5.02 Å². The van der Waals surface area contributed by atoms with E-state index in [9.17, 15) is 5.11 Å². The molecule has 0 spiro atoms. The number of nitrogens with one attached hydrogen (secondary N) is 1. The molecule has 1 atom stereocenters. The standard InChI is InChI=1S/C11H14ClNO/c1-7-4-5-8(12)10(11(7)14)9-3-2-6-13-9/h4-5,9,13-14H,2-3,6H2,1H3. The molecule has 76 valence electrons. The Morgan fingerprint density at radius 3 is 2.93 bits per heavy atom. The van der Waals surface area contributed by atoms with Gasteiger partial charge in [0.2, 0.25) is 0 Å². The van der Waals surface area contributed by atoms with Gasteiger partial charge in [0.25, 0.3) is 0 Å². The molecule has 1 aliphatic rings. The van der Waals surface area contributed by atoms with E-state index in [-0.39, 0.29) is 6.04 Å². The van der Waals surface area contributed by atoms with Crippen molar-refractivity contribution in [1.82, 2.24) is 5.32 Å². The van der Waals surface area contributed by atoms with Gasteiger partial charge in [-0.25, -0.2) is 0 Å². The molecular formula is C11H14ClNO. The van der Waals surface area contributed by atoms with Crippen LogP contribution in [0, 0.1) is 6.92 Å². The van der Waals surface area contributed by atoms with Crippen molar-refractivity contribution in [3.8, 4) is 5.75 Å². The Hall–Kier alpha value is -0.730. The third kappa shape index (κ3) is 1.60. The molecular weight excluding hydrogens is 198 g/mol. The van der Waals surface area contributed by atoms with Crippen molar-refractivity contribution in [3.63, 3.8) is 0 Å². The van der Waals surface area contributed by atoms with E-state index >= 15 is 0 Å². The molecule has 0 amide bonds. The van der Waals surface area contributed by atoms with Crippen LogP contribution >= 0.6 is 11.6 Å². The number of hydrogen-bond donors (Lipinski definition) is 2. The van der Waals surface area contributed by atoms with Crippen molar-refractivity contribution in [1.29, 1.82) is 0 Å². The van der Waals surface area contributed by atoms with E-state index in [1.807, 2.05) is 19.1 Å². The summed E-state index contributed by atoms with van der Waals surface area (Å²) in [6.07, 6.45) is 2.20. The van der Waals surface area contributed by atoms with E-state index in [0.29, 0.717) is 10.8 Å². The quantitative estimate of drug-likeness (QED) is 0.749. The monoisotopic (exact) mass is 211 g/mol. The topological polar surface area (TPSA) is 32.3 Å². The van der Waals surface area contributed by atoms with Crippen LogP contribution in [0.3, 0.4) is 0 Å².